The topological polar surface area (TPSA) is 48.4 Å². The number of halogens is 1. The van der Waals surface area contributed by atoms with Crippen molar-refractivity contribution in [2.45, 2.75) is 13.0 Å². The average Bonchev–Trinajstić information content (AvgIpc) is 2.39. The molecule has 0 radical (unpaired) electrons. The van der Waals surface area contributed by atoms with Gasteiger partial charge in [0.2, 0.25) is 0 Å². The number of aromatic hydroxyl groups is 1. The molecular formula is C15H18FN3O. The average molecular weight is 275 g/mol. The Balaban J connectivity index is 2.12. The Labute approximate surface area is 117 Å². The number of hydrogen-bond acceptors (Lipinski definition) is 4. The molecule has 2 aromatic rings. The van der Waals surface area contributed by atoms with Gasteiger partial charge < -0.3 is 15.3 Å². The minimum atomic E-state index is -0.449. The maximum atomic E-state index is 13.0. The molecule has 4 nitrogen and oxygen atoms in total. The molecule has 1 unspecified atom stereocenters. The second-order valence-corrected chi connectivity index (χ2v) is 4.87. The number of hydrogen-bond donors (Lipinski definition) is 2. The van der Waals surface area contributed by atoms with Gasteiger partial charge >= 0.3 is 0 Å². The van der Waals surface area contributed by atoms with Crippen molar-refractivity contribution in [3.8, 4) is 5.75 Å². The van der Waals surface area contributed by atoms with Crippen LogP contribution < -0.4 is 10.2 Å². The predicted octanol–water partition coefficient (Wildman–Crippen LogP) is 3.17. The molecule has 0 aliphatic rings. The van der Waals surface area contributed by atoms with E-state index in [4.69, 9.17) is 0 Å². The van der Waals surface area contributed by atoms with E-state index in [2.05, 4.69) is 10.3 Å². The van der Waals surface area contributed by atoms with Crippen molar-refractivity contribution in [1.82, 2.24) is 4.98 Å². The van der Waals surface area contributed by atoms with E-state index in [1.165, 1.54) is 6.07 Å². The normalized spacial score (nSPS) is 12.0. The first-order chi connectivity index (χ1) is 9.47. The highest BCUT2D eigenvalue weighted by atomic mass is 19.1. The molecule has 1 aromatic heterocycles. The van der Waals surface area contributed by atoms with Crippen molar-refractivity contribution in [3.05, 3.63) is 47.9 Å². The van der Waals surface area contributed by atoms with Crippen LogP contribution in [0.1, 0.15) is 18.5 Å². The summed E-state index contributed by atoms with van der Waals surface area (Å²) in [5, 5.41) is 13.0. The van der Waals surface area contributed by atoms with Crippen LogP contribution in [-0.2, 0) is 0 Å². The molecule has 0 saturated heterocycles. The van der Waals surface area contributed by atoms with Crippen LogP contribution in [0.15, 0.2) is 36.5 Å². The highest BCUT2D eigenvalue weighted by Crippen LogP contribution is 2.27. The lowest BCUT2D eigenvalue weighted by atomic mass is 10.1. The molecule has 0 saturated carbocycles. The summed E-state index contributed by atoms with van der Waals surface area (Å²) in [5.74, 6) is 0.367. The fourth-order valence-corrected chi connectivity index (χ4v) is 1.95. The van der Waals surface area contributed by atoms with Crippen molar-refractivity contribution in [2.24, 2.45) is 0 Å². The monoisotopic (exact) mass is 275 g/mol. The van der Waals surface area contributed by atoms with E-state index in [-0.39, 0.29) is 11.8 Å². The second-order valence-electron chi connectivity index (χ2n) is 4.87. The molecule has 1 heterocycles. The summed E-state index contributed by atoms with van der Waals surface area (Å²) in [6.07, 6.45) is 1.73. The van der Waals surface area contributed by atoms with Crippen LogP contribution in [0, 0.1) is 5.82 Å². The number of pyridine rings is 1. The van der Waals surface area contributed by atoms with Gasteiger partial charge in [-0.05, 0) is 25.1 Å². The van der Waals surface area contributed by atoms with Crippen LogP contribution in [0.4, 0.5) is 15.9 Å². The molecule has 106 valence electrons. The van der Waals surface area contributed by atoms with Gasteiger partial charge in [0.1, 0.15) is 17.4 Å². The molecule has 0 aliphatic carbocycles. The van der Waals surface area contributed by atoms with Gasteiger partial charge in [0, 0.05) is 25.7 Å². The molecule has 1 aromatic carbocycles. The standard InChI is InChI=1S/C15H18FN3O/c1-10(13-6-4-11(16)8-14(13)20)18-12-5-7-15(17-9-12)19(2)3/h4-10,18,20H,1-3H3. The van der Waals surface area contributed by atoms with E-state index < -0.39 is 5.82 Å². The molecule has 1 atom stereocenters. The first-order valence-corrected chi connectivity index (χ1v) is 6.35. The zero-order chi connectivity index (χ0) is 14.7. The largest absolute Gasteiger partial charge is 0.507 e. The summed E-state index contributed by atoms with van der Waals surface area (Å²) in [7, 11) is 3.85. The summed E-state index contributed by atoms with van der Waals surface area (Å²) in [5.41, 5.74) is 1.48. The Hall–Kier alpha value is -2.30. The minimum Gasteiger partial charge on any atom is -0.507 e. The fourth-order valence-electron chi connectivity index (χ4n) is 1.95. The van der Waals surface area contributed by atoms with Crippen LogP contribution in [0.2, 0.25) is 0 Å². The summed E-state index contributed by atoms with van der Waals surface area (Å²) in [6, 6.07) is 7.69. The number of phenols is 1. The molecule has 2 N–H and O–H groups in total. The maximum absolute atomic E-state index is 13.0. The molecule has 20 heavy (non-hydrogen) atoms. The number of phenolic OH excluding ortho intramolecular Hbond substituents is 1. The summed E-state index contributed by atoms with van der Waals surface area (Å²) < 4.78 is 13.0. The lowest BCUT2D eigenvalue weighted by Crippen LogP contribution is -2.11. The van der Waals surface area contributed by atoms with Crippen LogP contribution in [0.3, 0.4) is 0 Å². The number of benzene rings is 1. The zero-order valence-electron chi connectivity index (χ0n) is 11.8. The third-order valence-corrected chi connectivity index (χ3v) is 3.05. The second kappa shape index (κ2) is 5.77. The third kappa shape index (κ3) is 3.17. The molecule has 2 rings (SSSR count). The quantitative estimate of drug-likeness (QED) is 0.900. The summed E-state index contributed by atoms with van der Waals surface area (Å²) >= 11 is 0. The first kappa shape index (κ1) is 14.1. The summed E-state index contributed by atoms with van der Waals surface area (Å²) in [4.78, 5) is 6.22. The van der Waals surface area contributed by atoms with E-state index in [1.54, 1.807) is 12.3 Å². The number of rotatable bonds is 4. The van der Waals surface area contributed by atoms with Gasteiger partial charge in [-0.2, -0.15) is 0 Å². The summed E-state index contributed by atoms with van der Waals surface area (Å²) in [6.45, 7) is 1.90. The van der Waals surface area contributed by atoms with Gasteiger partial charge in [0.15, 0.2) is 0 Å². The fraction of sp³-hybridized carbons (Fsp3) is 0.267. The Morgan fingerprint density at radius 3 is 2.55 bits per heavy atom. The molecule has 0 spiro atoms. The highest BCUT2D eigenvalue weighted by Gasteiger charge is 2.11. The lowest BCUT2D eigenvalue weighted by Gasteiger charge is -2.17. The Morgan fingerprint density at radius 2 is 2.00 bits per heavy atom. The Morgan fingerprint density at radius 1 is 1.25 bits per heavy atom. The van der Waals surface area contributed by atoms with E-state index in [1.807, 2.05) is 38.1 Å². The predicted molar refractivity (Wildman–Crippen MR) is 78.7 cm³/mol. The van der Waals surface area contributed by atoms with Gasteiger partial charge in [-0.3, -0.25) is 0 Å². The molecular weight excluding hydrogens is 257 g/mol. The van der Waals surface area contributed by atoms with E-state index in [0.29, 0.717) is 5.56 Å². The van der Waals surface area contributed by atoms with Crippen molar-refractivity contribution in [3.63, 3.8) is 0 Å². The van der Waals surface area contributed by atoms with Crippen molar-refractivity contribution in [1.29, 1.82) is 0 Å². The van der Waals surface area contributed by atoms with E-state index >= 15 is 0 Å². The Bertz CT molecular complexity index is 584. The highest BCUT2D eigenvalue weighted by molar-refractivity contribution is 5.50. The van der Waals surface area contributed by atoms with Crippen LogP contribution in [-0.4, -0.2) is 24.2 Å². The number of aromatic nitrogens is 1. The molecule has 0 aliphatic heterocycles. The third-order valence-electron chi connectivity index (χ3n) is 3.05. The Kier molecular flexibility index (Phi) is 4.08. The number of nitrogens with one attached hydrogen (secondary N) is 1. The van der Waals surface area contributed by atoms with Gasteiger partial charge in [0.05, 0.1) is 17.9 Å². The van der Waals surface area contributed by atoms with E-state index in [9.17, 15) is 9.50 Å². The molecule has 0 fully saturated rings. The first-order valence-electron chi connectivity index (χ1n) is 6.35. The van der Waals surface area contributed by atoms with Crippen LogP contribution in [0.5, 0.6) is 5.75 Å². The van der Waals surface area contributed by atoms with Gasteiger partial charge in [-0.1, -0.05) is 6.07 Å². The zero-order valence-corrected chi connectivity index (χ0v) is 11.8. The minimum absolute atomic E-state index is 0.0529. The lowest BCUT2D eigenvalue weighted by molar-refractivity contribution is 0.459. The van der Waals surface area contributed by atoms with Gasteiger partial charge in [0.25, 0.3) is 0 Å². The van der Waals surface area contributed by atoms with Crippen molar-refractivity contribution < 1.29 is 9.50 Å². The number of nitrogens with zero attached hydrogens (tertiary/aromatic N) is 2. The molecule has 5 heteroatoms. The van der Waals surface area contributed by atoms with Crippen molar-refractivity contribution >= 4 is 11.5 Å². The van der Waals surface area contributed by atoms with Gasteiger partial charge in [-0.25, -0.2) is 9.37 Å². The molecule has 0 bridgehead atoms. The smallest absolute Gasteiger partial charge is 0.128 e. The molecule has 0 amide bonds. The SMILES string of the molecule is CC(Nc1ccc(N(C)C)nc1)c1ccc(F)cc1O. The van der Waals surface area contributed by atoms with Crippen LogP contribution >= 0.6 is 0 Å². The number of anilines is 2. The maximum Gasteiger partial charge on any atom is 0.128 e. The van der Waals surface area contributed by atoms with Crippen LogP contribution in [0.25, 0.3) is 0 Å². The van der Waals surface area contributed by atoms with Crippen molar-refractivity contribution in [2.75, 3.05) is 24.3 Å². The van der Waals surface area contributed by atoms with Gasteiger partial charge in [-0.15, -0.1) is 0 Å². The van der Waals surface area contributed by atoms with E-state index in [0.717, 1.165) is 17.6 Å².